The van der Waals surface area contributed by atoms with Crippen LogP contribution in [-0.2, 0) is 12.7 Å². The van der Waals surface area contributed by atoms with Gasteiger partial charge in [0, 0.05) is 24.5 Å². The molecule has 0 aliphatic heterocycles. The first-order valence-corrected chi connectivity index (χ1v) is 9.27. The van der Waals surface area contributed by atoms with E-state index in [-0.39, 0.29) is 22.6 Å². The van der Waals surface area contributed by atoms with Gasteiger partial charge in [0.25, 0.3) is 5.91 Å². The number of carbonyl (C=O) groups excluding carboxylic acids is 1. The van der Waals surface area contributed by atoms with E-state index in [1.165, 1.54) is 19.2 Å². The number of guanidine groups is 1. The Kier molecular flexibility index (Phi) is 6.21. The van der Waals surface area contributed by atoms with Crippen LogP contribution < -0.4 is 10.6 Å². The van der Waals surface area contributed by atoms with Crippen molar-refractivity contribution in [3.05, 3.63) is 65.4 Å². The third-order valence-corrected chi connectivity index (χ3v) is 4.49. The van der Waals surface area contributed by atoms with Crippen LogP contribution in [0.5, 0.6) is 5.75 Å². The second kappa shape index (κ2) is 8.68. The number of aromatic amines is 1. The van der Waals surface area contributed by atoms with E-state index in [1.807, 2.05) is 25.1 Å². The number of halogens is 3. The molecule has 10 heteroatoms. The number of H-pyrrole nitrogens is 1. The number of oxime groups is 1. The summed E-state index contributed by atoms with van der Waals surface area (Å²) in [6.45, 7) is 0.703. The first-order chi connectivity index (χ1) is 14.6. The number of fused-ring (bicyclic) bond motifs is 1. The van der Waals surface area contributed by atoms with Gasteiger partial charge in [-0.2, -0.15) is 13.2 Å². The number of alkyl halides is 3. The van der Waals surface area contributed by atoms with Crippen molar-refractivity contribution in [3.8, 4) is 5.75 Å². The molecule has 3 N–H and O–H groups in total. The Bertz CT molecular complexity index is 1120. The minimum atomic E-state index is -4.54. The molecule has 1 heterocycles. The smallest absolute Gasteiger partial charge is 0.367 e. The third-order valence-electron chi connectivity index (χ3n) is 4.49. The van der Waals surface area contributed by atoms with Crippen LogP contribution >= 0.6 is 0 Å². The number of rotatable bonds is 5. The van der Waals surface area contributed by atoms with Crippen molar-refractivity contribution in [2.45, 2.75) is 12.7 Å². The zero-order chi connectivity index (χ0) is 22.8. The topological polar surface area (TPSA) is 86.9 Å². The molecule has 0 saturated heterocycles. The monoisotopic (exact) mass is 433 g/mol. The van der Waals surface area contributed by atoms with Gasteiger partial charge in [0.1, 0.15) is 5.69 Å². The predicted molar refractivity (Wildman–Crippen MR) is 111 cm³/mol. The molecule has 3 aromatic rings. The largest absolute Gasteiger partial charge is 0.417 e. The summed E-state index contributed by atoms with van der Waals surface area (Å²) in [5.74, 6) is -0.475. The van der Waals surface area contributed by atoms with Crippen LogP contribution in [0.4, 0.5) is 13.2 Å². The van der Waals surface area contributed by atoms with Gasteiger partial charge in [0.05, 0.1) is 5.56 Å². The Hall–Kier alpha value is -3.53. The summed E-state index contributed by atoms with van der Waals surface area (Å²) in [5, 5.41) is 3.66. The minimum Gasteiger partial charge on any atom is -0.367 e. The second-order valence-corrected chi connectivity index (χ2v) is 7.24. The molecule has 0 atom stereocenters. The van der Waals surface area contributed by atoms with Gasteiger partial charge in [-0.1, -0.05) is 18.2 Å². The molecule has 0 aliphatic rings. The molecular weight excluding hydrogens is 411 g/mol. The van der Waals surface area contributed by atoms with Crippen molar-refractivity contribution in [2.24, 2.45) is 10.9 Å². The molecule has 0 unspecified atom stereocenters. The average molecular weight is 433 g/mol. The Morgan fingerprint density at radius 2 is 1.84 bits per heavy atom. The Labute approximate surface area is 176 Å². The van der Waals surface area contributed by atoms with E-state index in [0.717, 1.165) is 22.6 Å². The van der Waals surface area contributed by atoms with Crippen LogP contribution in [0, 0.1) is 0 Å². The molecule has 3 rings (SSSR count). The van der Waals surface area contributed by atoms with E-state index < -0.39 is 17.6 Å². The van der Waals surface area contributed by atoms with Crippen molar-refractivity contribution in [1.82, 2.24) is 14.8 Å². The standard InChI is InChI=1S/C21H22F3N5O2/c1-28(2)12-13-6-4-7-14(10-13)31-27-20(25)29(3)19(30)18-11-15-16(21(22,23)24)8-5-9-17(15)26-18/h4-11,26H,12H2,1-3H3,(H2,25,27). The van der Waals surface area contributed by atoms with Crippen LogP contribution in [0.3, 0.4) is 0 Å². The number of hydrogen-bond acceptors (Lipinski definition) is 4. The Morgan fingerprint density at radius 3 is 2.52 bits per heavy atom. The maximum Gasteiger partial charge on any atom is 0.417 e. The number of nitrogens with one attached hydrogen (secondary N) is 1. The molecule has 1 aromatic heterocycles. The fourth-order valence-corrected chi connectivity index (χ4v) is 3.03. The number of hydrogen-bond donors (Lipinski definition) is 2. The highest BCUT2D eigenvalue weighted by Gasteiger charge is 2.33. The number of carbonyl (C=O) groups is 1. The highest BCUT2D eigenvalue weighted by molar-refractivity contribution is 6.06. The summed E-state index contributed by atoms with van der Waals surface area (Å²) in [7, 11) is 5.22. The summed E-state index contributed by atoms with van der Waals surface area (Å²) >= 11 is 0. The summed E-state index contributed by atoms with van der Waals surface area (Å²) in [6, 6.07) is 12.1. The van der Waals surface area contributed by atoms with E-state index in [4.69, 9.17) is 10.6 Å². The lowest BCUT2D eigenvalue weighted by Crippen LogP contribution is -2.39. The van der Waals surface area contributed by atoms with Crippen LogP contribution in [0.15, 0.2) is 53.7 Å². The Morgan fingerprint density at radius 1 is 1.13 bits per heavy atom. The van der Waals surface area contributed by atoms with Crippen LogP contribution in [0.2, 0.25) is 0 Å². The first kappa shape index (κ1) is 22.2. The van der Waals surface area contributed by atoms with E-state index in [9.17, 15) is 18.0 Å². The lowest BCUT2D eigenvalue weighted by atomic mass is 10.1. The molecule has 2 aromatic carbocycles. The number of aromatic nitrogens is 1. The summed E-state index contributed by atoms with van der Waals surface area (Å²) in [6.07, 6.45) is -4.54. The molecule has 164 valence electrons. The number of benzene rings is 2. The molecule has 0 fully saturated rings. The van der Waals surface area contributed by atoms with Crippen LogP contribution in [0.1, 0.15) is 21.6 Å². The number of amides is 1. The molecule has 0 aliphatic carbocycles. The van der Waals surface area contributed by atoms with Gasteiger partial charge in [-0.25, -0.2) is 0 Å². The normalized spacial score (nSPS) is 12.4. The minimum absolute atomic E-state index is 0.0552. The highest BCUT2D eigenvalue weighted by Crippen LogP contribution is 2.35. The van der Waals surface area contributed by atoms with Crippen molar-refractivity contribution in [1.29, 1.82) is 0 Å². The predicted octanol–water partition coefficient (Wildman–Crippen LogP) is 3.63. The van der Waals surface area contributed by atoms with Crippen molar-refractivity contribution < 1.29 is 22.8 Å². The fourth-order valence-electron chi connectivity index (χ4n) is 3.03. The molecule has 0 radical (unpaired) electrons. The second-order valence-electron chi connectivity index (χ2n) is 7.24. The van der Waals surface area contributed by atoms with E-state index in [1.54, 1.807) is 18.2 Å². The SMILES string of the molecule is CN(C)Cc1cccc(ON=C(N)N(C)C(=O)c2cc3c(C(F)(F)F)cccc3[nH]2)c1. The molecule has 0 saturated carbocycles. The van der Waals surface area contributed by atoms with E-state index in [2.05, 4.69) is 10.1 Å². The third kappa shape index (κ3) is 5.15. The van der Waals surface area contributed by atoms with Gasteiger partial charge in [-0.05, 0) is 55.1 Å². The maximum atomic E-state index is 13.2. The average Bonchev–Trinajstić information content (AvgIpc) is 3.14. The first-order valence-electron chi connectivity index (χ1n) is 9.27. The van der Waals surface area contributed by atoms with Crippen LogP contribution in [0.25, 0.3) is 10.9 Å². The molecule has 1 amide bonds. The Balaban J connectivity index is 1.78. The van der Waals surface area contributed by atoms with E-state index >= 15 is 0 Å². The zero-order valence-electron chi connectivity index (χ0n) is 17.2. The molecule has 0 spiro atoms. The molecule has 7 nitrogen and oxygen atoms in total. The quantitative estimate of drug-likeness (QED) is 0.366. The summed E-state index contributed by atoms with van der Waals surface area (Å²) in [5.41, 5.74) is 6.15. The zero-order valence-corrected chi connectivity index (χ0v) is 17.2. The van der Waals surface area contributed by atoms with Gasteiger partial charge in [-0.15, -0.1) is 0 Å². The van der Waals surface area contributed by atoms with Crippen molar-refractivity contribution in [3.63, 3.8) is 0 Å². The van der Waals surface area contributed by atoms with Gasteiger partial charge >= 0.3 is 6.18 Å². The van der Waals surface area contributed by atoms with Crippen LogP contribution in [-0.4, -0.2) is 47.8 Å². The van der Waals surface area contributed by atoms with Gasteiger partial charge in [0.2, 0.25) is 5.96 Å². The number of nitrogens with zero attached hydrogens (tertiary/aromatic N) is 3. The summed E-state index contributed by atoms with van der Waals surface area (Å²) in [4.78, 5) is 23.7. The molecular formula is C21H22F3N5O2. The summed E-state index contributed by atoms with van der Waals surface area (Å²) < 4.78 is 39.6. The molecule has 0 bridgehead atoms. The lowest BCUT2D eigenvalue weighted by Gasteiger charge is -2.14. The van der Waals surface area contributed by atoms with Gasteiger partial charge < -0.3 is 20.5 Å². The van der Waals surface area contributed by atoms with Gasteiger partial charge in [-0.3, -0.25) is 9.69 Å². The lowest BCUT2D eigenvalue weighted by molar-refractivity contribution is -0.136. The fraction of sp³-hybridized carbons (Fsp3) is 0.238. The van der Waals surface area contributed by atoms with Crippen molar-refractivity contribution >= 4 is 22.8 Å². The molecule has 31 heavy (non-hydrogen) atoms. The van der Waals surface area contributed by atoms with E-state index in [0.29, 0.717) is 12.3 Å². The van der Waals surface area contributed by atoms with Crippen molar-refractivity contribution in [2.75, 3.05) is 21.1 Å². The van der Waals surface area contributed by atoms with Gasteiger partial charge in [0.15, 0.2) is 5.75 Å². The number of nitrogens with two attached hydrogens (primary N) is 1. The highest BCUT2D eigenvalue weighted by atomic mass is 19.4. The maximum absolute atomic E-state index is 13.2.